The van der Waals surface area contributed by atoms with Crippen molar-refractivity contribution in [3.05, 3.63) is 47.6 Å². The Morgan fingerprint density at radius 2 is 1.40 bits per heavy atom. The molecule has 1 spiro atoms. The SMILES string of the molecule is CCC1=CCC2(C=C1)C=CC(CC)=CC2. The molecule has 2 aliphatic rings. The van der Waals surface area contributed by atoms with Crippen LogP contribution >= 0.6 is 0 Å². The van der Waals surface area contributed by atoms with E-state index in [4.69, 9.17) is 0 Å². The Kier molecular flexibility index (Phi) is 2.95. The van der Waals surface area contributed by atoms with Gasteiger partial charge >= 0.3 is 0 Å². The summed E-state index contributed by atoms with van der Waals surface area (Å²) < 4.78 is 0. The Bertz CT molecular complexity index is 314. The Morgan fingerprint density at radius 3 is 1.67 bits per heavy atom. The fraction of sp³-hybridized carbons (Fsp3) is 0.467. The zero-order valence-electron chi connectivity index (χ0n) is 9.79. The maximum atomic E-state index is 2.40. The second kappa shape index (κ2) is 4.22. The second-order valence-corrected chi connectivity index (χ2v) is 4.57. The molecule has 80 valence electrons. The summed E-state index contributed by atoms with van der Waals surface area (Å²) in [5, 5.41) is 0. The van der Waals surface area contributed by atoms with Gasteiger partial charge in [-0.25, -0.2) is 0 Å². The second-order valence-electron chi connectivity index (χ2n) is 4.57. The van der Waals surface area contributed by atoms with Crippen molar-refractivity contribution in [2.24, 2.45) is 5.41 Å². The number of hydrogen-bond donors (Lipinski definition) is 0. The molecule has 0 N–H and O–H groups in total. The summed E-state index contributed by atoms with van der Waals surface area (Å²) in [5.74, 6) is 0. The lowest BCUT2D eigenvalue weighted by Gasteiger charge is -2.30. The van der Waals surface area contributed by atoms with Gasteiger partial charge in [-0.1, -0.05) is 61.4 Å². The molecule has 0 saturated heterocycles. The monoisotopic (exact) mass is 200 g/mol. The highest BCUT2D eigenvalue weighted by Gasteiger charge is 2.25. The highest BCUT2D eigenvalue weighted by molar-refractivity contribution is 5.36. The minimum absolute atomic E-state index is 0.303. The van der Waals surface area contributed by atoms with E-state index in [1.807, 2.05) is 0 Å². The summed E-state index contributed by atoms with van der Waals surface area (Å²) in [7, 11) is 0. The standard InChI is InChI=1S/C15H20/c1-3-13-5-9-15(10-6-13)11-7-14(4-2)8-12-15/h5-9,11H,3-4,10,12H2,1-2H3. The first-order valence-corrected chi connectivity index (χ1v) is 6.04. The molecular weight excluding hydrogens is 180 g/mol. The summed E-state index contributed by atoms with van der Waals surface area (Å²) in [6, 6.07) is 0. The first-order chi connectivity index (χ1) is 7.28. The third-order valence-electron chi connectivity index (χ3n) is 3.56. The Hall–Kier alpha value is -1.04. The molecule has 0 heteroatoms. The maximum Gasteiger partial charge on any atom is 0.0137 e. The van der Waals surface area contributed by atoms with Gasteiger partial charge in [0.15, 0.2) is 0 Å². The van der Waals surface area contributed by atoms with Crippen molar-refractivity contribution in [3.63, 3.8) is 0 Å². The van der Waals surface area contributed by atoms with E-state index in [2.05, 4.69) is 50.3 Å². The van der Waals surface area contributed by atoms with Gasteiger partial charge < -0.3 is 0 Å². The van der Waals surface area contributed by atoms with Crippen molar-refractivity contribution in [1.29, 1.82) is 0 Å². The maximum absolute atomic E-state index is 2.40. The number of hydrogen-bond acceptors (Lipinski definition) is 0. The molecule has 0 bridgehead atoms. The molecule has 0 atom stereocenters. The van der Waals surface area contributed by atoms with Gasteiger partial charge in [-0.05, 0) is 25.7 Å². The fourth-order valence-corrected chi connectivity index (χ4v) is 2.26. The smallest absolute Gasteiger partial charge is 0.0137 e. The van der Waals surface area contributed by atoms with Crippen molar-refractivity contribution < 1.29 is 0 Å². The van der Waals surface area contributed by atoms with E-state index in [1.54, 1.807) is 0 Å². The molecule has 0 aromatic rings. The molecule has 0 fully saturated rings. The molecule has 0 amide bonds. The molecule has 2 rings (SSSR count). The predicted octanol–water partition coefficient (Wildman–Crippen LogP) is 4.57. The number of allylic oxidation sites excluding steroid dienone is 8. The third kappa shape index (κ3) is 2.14. The van der Waals surface area contributed by atoms with Gasteiger partial charge in [0.25, 0.3) is 0 Å². The Labute approximate surface area is 93.1 Å². The van der Waals surface area contributed by atoms with Crippen LogP contribution in [0, 0.1) is 5.41 Å². The van der Waals surface area contributed by atoms with E-state index in [0.29, 0.717) is 5.41 Å². The first-order valence-electron chi connectivity index (χ1n) is 6.04. The lowest BCUT2D eigenvalue weighted by atomic mass is 9.74. The molecule has 0 unspecified atom stereocenters. The van der Waals surface area contributed by atoms with E-state index in [1.165, 1.54) is 24.0 Å². The topological polar surface area (TPSA) is 0 Å². The largest absolute Gasteiger partial charge is 0.0801 e. The molecule has 2 aliphatic carbocycles. The summed E-state index contributed by atoms with van der Waals surface area (Å²) in [6.45, 7) is 4.44. The van der Waals surface area contributed by atoms with Gasteiger partial charge in [0.05, 0.1) is 0 Å². The zero-order chi connectivity index (χ0) is 10.7. The van der Waals surface area contributed by atoms with Crippen LogP contribution in [0.15, 0.2) is 47.6 Å². The van der Waals surface area contributed by atoms with Crippen molar-refractivity contribution in [1.82, 2.24) is 0 Å². The summed E-state index contributed by atoms with van der Waals surface area (Å²) in [4.78, 5) is 0. The quantitative estimate of drug-likeness (QED) is 0.612. The van der Waals surface area contributed by atoms with Crippen LogP contribution < -0.4 is 0 Å². The average molecular weight is 200 g/mol. The van der Waals surface area contributed by atoms with E-state index in [9.17, 15) is 0 Å². The average Bonchev–Trinajstić information content (AvgIpc) is 2.31. The molecular formula is C15H20. The van der Waals surface area contributed by atoms with Gasteiger partial charge in [-0.3, -0.25) is 0 Å². The third-order valence-corrected chi connectivity index (χ3v) is 3.56. The van der Waals surface area contributed by atoms with Crippen LogP contribution in [0.1, 0.15) is 39.5 Å². The van der Waals surface area contributed by atoms with E-state index < -0.39 is 0 Å². The summed E-state index contributed by atoms with van der Waals surface area (Å²) in [5.41, 5.74) is 3.27. The van der Waals surface area contributed by atoms with Crippen LogP contribution in [0.25, 0.3) is 0 Å². The molecule has 0 radical (unpaired) electrons. The van der Waals surface area contributed by atoms with Crippen molar-refractivity contribution in [2.45, 2.75) is 39.5 Å². The van der Waals surface area contributed by atoms with E-state index in [0.717, 1.165) is 12.8 Å². The zero-order valence-corrected chi connectivity index (χ0v) is 9.79. The van der Waals surface area contributed by atoms with Gasteiger partial charge in [0.2, 0.25) is 0 Å². The Morgan fingerprint density at radius 1 is 0.933 bits per heavy atom. The normalized spacial score (nSPS) is 22.8. The number of rotatable bonds is 2. The van der Waals surface area contributed by atoms with Crippen molar-refractivity contribution in [3.8, 4) is 0 Å². The summed E-state index contributed by atoms with van der Waals surface area (Å²) in [6.07, 6.45) is 18.9. The van der Waals surface area contributed by atoms with Crippen LogP contribution in [0.2, 0.25) is 0 Å². The van der Waals surface area contributed by atoms with Crippen LogP contribution in [-0.4, -0.2) is 0 Å². The molecule has 0 nitrogen and oxygen atoms in total. The molecule has 0 aromatic heterocycles. The van der Waals surface area contributed by atoms with Gasteiger partial charge in [0, 0.05) is 5.41 Å². The lowest BCUT2D eigenvalue weighted by Crippen LogP contribution is -2.17. The molecule has 0 aliphatic heterocycles. The van der Waals surface area contributed by atoms with Gasteiger partial charge in [-0.2, -0.15) is 0 Å². The highest BCUT2D eigenvalue weighted by atomic mass is 14.3. The van der Waals surface area contributed by atoms with Crippen LogP contribution in [0.5, 0.6) is 0 Å². The van der Waals surface area contributed by atoms with Crippen LogP contribution in [-0.2, 0) is 0 Å². The van der Waals surface area contributed by atoms with Crippen molar-refractivity contribution >= 4 is 0 Å². The fourth-order valence-electron chi connectivity index (χ4n) is 2.26. The molecule has 15 heavy (non-hydrogen) atoms. The van der Waals surface area contributed by atoms with Crippen LogP contribution in [0.3, 0.4) is 0 Å². The van der Waals surface area contributed by atoms with Gasteiger partial charge in [0.1, 0.15) is 0 Å². The Balaban J connectivity index is 2.09. The van der Waals surface area contributed by atoms with Crippen molar-refractivity contribution in [2.75, 3.05) is 0 Å². The van der Waals surface area contributed by atoms with E-state index in [-0.39, 0.29) is 0 Å². The minimum Gasteiger partial charge on any atom is -0.0801 e. The predicted molar refractivity (Wildman–Crippen MR) is 66.7 cm³/mol. The highest BCUT2D eigenvalue weighted by Crippen LogP contribution is 2.39. The van der Waals surface area contributed by atoms with E-state index >= 15 is 0 Å². The molecule has 0 saturated carbocycles. The molecule has 0 heterocycles. The minimum atomic E-state index is 0.303. The first kappa shape index (κ1) is 10.5. The lowest BCUT2D eigenvalue weighted by molar-refractivity contribution is 0.491. The van der Waals surface area contributed by atoms with Gasteiger partial charge in [-0.15, -0.1) is 0 Å². The van der Waals surface area contributed by atoms with Crippen LogP contribution in [0.4, 0.5) is 0 Å². The molecule has 0 aromatic carbocycles. The summed E-state index contributed by atoms with van der Waals surface area (Å²) >= 11 is 0.